The normalized spacial score (nSPS) is 11.6. The number of nitrogens with two attached hydrogens (primary N) is 1. The monoisotopic (exact) mass is 303 g/mol. The Morgan fingerprint density at radius 3 is 2.74 bits per heavy atom. The fourth-order valence-electron chi connectivity index (χ4n) is 2.48. The number of hydrogen-bond donors (Lipinski definition) is 1. The van der Waals surface area contributed by atoms with Gasteiger partial charge in [0.05, 0.1) is 5.56 Å². The third-order valence-electron chi connectivity index (χ3n) is 3.58. The Kier molecular flexibility index (Phi) is 3.76. The van der Waals surface area contributed by atoms with Gasteiger partial charge in [0.15, 0.2) is 11.5 Å². The minimum absolute atomic E-state index is 0.420. The van der Waals surface area contributed by atoms with Crippen LogP contribution in [0, 0.1) is 6.92 Å². The highest BCUT2D eigenvalue weighted by Crippen LogP contribution is 2.31. The molecule has 5 heteroatoms. The quantitative estimate of drug-likeness (QED) is 0.748. The highest BCUT2D eigenvalue weighted by atomic mass is 15.1. The van der Waals surface area contributed by atoms with Crippen molar-refractivity contribution in [2.75, 3.05) is 5.73 Å². The number of nitrogen functional groups attached to an aromatic ring is 1. The first kappa shape index (κ1) is 14.7. The van der Waals surface area contributed by atoms with Gasteiger partial charge in [-0.15, -0.1) is 0 Å². The zero-order valence-corrected chi connectivity index (χ0v) is 12.9. The Bertz CT molecular complexity index is 934. The zero-order chi connectivity index (χ0) is 16.4. The molecule has 3 rings (SSSR count). The average molecular weight is 303 g/mol. The number of imidazole rings is 1. The molecular formula is C18H17N5. The summed E-state index contributed by atoms with van der Waals surface area (Å²) < 4.78 is 1.92. The number of allylic oxidation sites excluding steroid dienone is 4. The molecule has 0 fully saturated rings. The Labute approximate surface area is 134 Å². The topological polar surface area (TPSA) is 69.6 Å². The van der Waals surface area contributed by atoms with Crippen LogP contribution in [0.1, 0.15) is 5.56 Å². The number of rotatable bonds is 4. The molecule has 0 aliphatic carbocycles. The molecule has 3 aromatic heterocycles. The van der Waals surface area contributed by atoms with E-state index in [0.717, 1.165) is 28.0 Å². The summed E-state index contributed by atoms with van der Waals surface area (Å²) in [6.45, 7) is 9.65. The van der Waals surface area contributed by atoms with E-state index in [1.54, 1.807) is 24.5 Å². The first-order chi connectivity index (χ1) is 11.2. The summed E-state index contributed by atoms with van der Waals surface area (Å²) in [7, 11) is 0. The maximum absolute atomic E-state index is 6.05. The molecule has 0 spiro atoms. The minimum atomic E-state index is 0.420. The van der Waals surface area contributed by atoms with Crippen LogP contribution in [0.4, 0.5) is 5.82 Å². The van der Waals surface area contributed by atoms with E-state index in [9.17, 15) is 0 Å². The van der Waals surface area contributed by atoms with Crippen molar-refractivity contribution in [3.8, 4) is 11.4 Å². The molecule has 0 bridgehead atoms. The van der Waals surface area contributed by atoms with E-state index in [2.05, 4.69) is 23.1 Å². The molecule has 114 valence electrons. The Morgan fingerprint density at radius 1 is 1.22 bits per heavy atom. The third-order valence-corrected chi connectivity index (χ3v) is 3.58. The summed E-state index contributed by atoms with van der Waals surface area (Å²) in [6.07, 6.45) is 8.72. The average Bonchev–Trinajstić information content (AvgIpc) is 2.94. The lowest BCUT2D eigenvalue weighted by molar-refractivity contribution is 1.11. The minimum Gasteiger partial charge on any atom is -0.383 e. The van der Waals surface area contributed by atoms with Crippen LogP contribution >= 0.6 is 0 Å². The third kappa shape index (κ3) is 2.42. The first-order valence-electron chi connectivity index (χ1n) is 7.17. The van der Waals surface area contributed by atoms with Gasteiger partial charge in [-0.05, 0) is 42.8 Å². The van der Waals surface area contributed by atoms with Gasteiger partial charge in [-0.25, -0.2) is 15.0 Å². The first-order valence-corrected chi connectivity index (χ1v) is 7.17. The van der Waals surface area contributed by atoms with E-state index in [-0.39, 0.29) is 0 Å². The van der Waals surface area contributed by atoms with Crippen LogP contribution in [0.25, 0.3) is 28.2 Å². The Balaban J connectivity index is 2.44. The lowest BCUT2D eigenvalue weighted by Gasteiger charge is -2.10. The predicted molar refractivity (Wildman–Crippen MR) is 94.6 cm³/mol. The van der Waals surface area contributed by atoms with Crippen molar-refractivity contribution in [3.63, 3.8) is 0 Å². The number of aryl methyl sites for hydroxylation is 1. The smallest absolute Gasteiger partial charge is 0.165 e. The van der Waals surface area contributed by atoms with Gasteiger partial charge in [-0.1, -0.05) is 19.2 Å². The molecule has 0 saturated heterocycles. The number of fused-ring (bicyclic) bond motifs is 1. The molecule has 0 amide bonds. The van der Waals surface area contributed by atoms with Crippen LogP contribution in [-0.2, 0) is 0 Å². The zero-order valence-electron chi connectivity index (χ0n) is 12.9. The molecule has 0 atom stereocenters. The van der Waals surface area contributed by atoms with Crippen LogP contribution in [0.2, 0.25) is 0 Å². The van der Waals surface area contributed by atoms with Crippen molar-refractivity contribution in [1.82, 2.24) is 19.5 Å². The molecule has 23 heavy (non-hydrogen) atoms. The summed E-state index contributed by atoms with van der Waals surface area (Å²) in [4.78, 5) is 13.4. The van der Waals surface area contributed by atoms with Crippen molar-refractivity contribution in [2.45, 2.75) is 6.92 Å². The van der Waals surface area contributed by atoms with Crippen molar-refractivity contribution in [2.24, 2.45) is 0 Å². The Morgan fingerprint density at radius 2 is 2.04 bits per heavy atom. The molecule has 0 aliphatic rings. The van der Waals surface area contributed by atoms with Gasteiger partial charge in [-0.3, -0.25) is 4.57 Å². The van der Waals surface area contributed by atoms with Gasteiger partial charge >= 0.3 is 0 Å². The molecule has 0 aliphatic heterocycles. The van der Waals surface area contributed by atoms with E-state index in [0.29, 0.717) is 11.6 Å². The van der Waals surface area contributed by atoms with Crippen LogP contribution < -0.4 is 5.73 Å². The SMILES string of the molecule is C=C/C=C(\C=C)n1c(-c2cccnc2N)nc2c(C)ccnc21. The lowest BCUT2D eigenvalue weighted by atomic mass is 10.2. The molecule has 3 aromatic rings. The fraction of sp³-hybridized carbons (Fsp3) is 0.0556. The number of pyridine rings is 2. The second kappa shape index (κ2) is 5.88. The standard InChI is InChI=1S/C18H17N5/c1-4-7-13(5-2)23-17(14-8-6-10-20-16(14)19)22-15-12(3)9-11-21-18(15)23/h4-11H,1-2H2,3H3,(H2,19,20)/b13-7+. The maximum atomic E-state index is 6.05. The summed E-state index contributed by atoms with van der Waals surface area (Å²) in [5.74, 6) is 1.10. The number of hydrogen-bond acceptors (Lipinski definition) is 4. The van der Waals surface area contributed by atoms with Gasteiger partial charge in [0.1, 0.15) is 11.3 Å². The van der Waals surface area contributed by atoms with Gasteiger partial charge in [0.2, 0.25) is 0 Å². The lowest BCUT2D eigenvalue weighted by Crippen LogP contribution is -2.02. The highest BCUT2D eigenvalue weighted by molar-refractivity contribution is 5.87. The maximum Gasteiger partial charge on any atom is 0.165 e. The van der Waals surface area contributed by atoms with Crippen molar-refractivity contribution >= 4 is 22.7 Å². The van der Waals surface area contributed by atoms with Gasteiger partial charge < -0.3 is 5.73 Å². The van der Waals surface area contributed by atoms with E-state index >= 15 is 0 Å². The summed E-state index contributed by atoms with van der Waals surface area (Å²) in [6, 6.07) is 5.66. The number of nitrogens with zero attached hydrogens (tertiary/aromatic N) is 4. The molecule has 0 unspecified atom stereocenters. The highest BCUT2D eigenvalue weighted by Gasteiger charge is 2.18. The van der Waals surface area contributed by atoms with Crippen LogP contribution in [0.15, 0.2) is 62.0 Å². The molecule has 2 N–H and O–H groups in total. The fourth-order valence-corrected chi connectivity index (χ4v) is 2.48. The van der Waals surface area contributed by atoms with Crippen LogP contribution in [0.3, 0.4) is 0 Å². The second-order valence-corrected chi connectivity index (χ2v) is 5.04. The number of aromatic nitrogens is 4. The largest absolute Gasteiger partial charge is 0.383 e. The molecule has 0 radical (unpaired) electrons. The second-order valence-electron chi connectivity index (χ2n) is 5.04. The van der Waals surface area contributed by atoms with Crippen LogP contribution in [0.5, 0.6) is 0 Å². The molecular weight excluding hydrogens is 286 g/mol. The molecule has 0 aromatic carbocycles. The van der Waals surface area contributed by atoms with E-state index < -0.39 is 0 Å². The van der Waals surface area contributed by atoms with Crippen molar-refractivity contribution < 1.29 is 0 Å². The molecule has 5 nitrogen and oxygen atoms in total. The summed E-state index contributed by atoms with van der Waals surface area (Å²) in [5, 5.41) is 0. The summed E-state index contributed by atoms with van der Waals surface area (Å²) in [5.41, 5.74) is 10.2. The van der Waals surface area contributed by atoms with Gasteiger partial charge in [0, 0.05) is 18.1 Å². The molecule has 0 saturated carbocycles. The van der Waals surface area contributed by atoms with E-state index in [1.807, 2.05) is 35.8 Å². The number of anilines is 1. The van der Waals surface area contributed by atoms with E-state index in [4.69, 9.17) is 10.7 Å². The van der Waals surface area contributed by atoms with Gasteiger partial charge in [0.25, 0.3) is 0 Å². The van der Waals surface area contributed by atoms with E-state index in [1.165, 1.54) is 0 Å². The predicted octanol–water partition coefficient (Wildman–Crippen LogP) is 3.60. The van der Waals surface area contributed by atoms with Gasteiger partial charge in [-0.2, -0.15) is 0 Å². The van der Waals surface area contributed by atoms with Crippen molar-refractivity contribution in [1.29, 1.82) is 0 Å². The van der Waals surface area contributed by atoms with Crippen molar-refractivity contribution in [3.05, 3.63) is 67.5 Å². The van der Waals surface area contributed by atoms with Crippen LogP contribution in [-0.4, -0.2) is 19.5 Å². The Hall–Kier alpha value is -3.21. The summed E-state index contributed by atoms with van der Waals surface area (Å²) >= 11 is 0. The molecule has 3 heterocycles.